The smallest absolute Gasteiger partial charge is 0.203 e. The first-order valence-electron chi connectivity index (χ1n) is 8.92. The highest BCUT2D eigenvalue weighted by molar-refractivity contribution is 5.79. The molecule has 0 spiro atoms. The van der Waals surface area contributed by atoms with Crippen molar-refractivity contribution in [1.82, 2.24) is 15.6 Å². The van der Waals surface area contributed by atoms with Gasteiger partial charge in [-0.2, -0.15) is 0 Å². The monoisotopic (exact) mass is 372 g/mol. The van der Waals surface area contributed by atoms with Gasteiger partial charge in [0.25, 0.3) is 0 Å². The maximum absolute atomic E-state index is 5.40. The maximum atomic E-state index is 5.40. The van der Waals surface area contributed by atoms with Gasteiger partial charge in [0.1, 0.15) is 0 Å². The fourth-order valence-electron chi connectivity index (χ4n) is 2.59. The predicted octanol–water partition coefficient (Wildman–Crippen LogP) is 2.41. The minimum Gasteiger partial charge on any atom is -0.493 e. The minimum absolute atomic E-state index is 0.482. The second-order valence-corrected chi connectivity index (χ2v) is 5.73. The van der Waals surface area contributed by atoms with Crippen LogP contribution in [0.15, 0.2) is 41.5 Å². The summed E-state index contributed by atoms with van der Waals surface area (Å²) in [6.07, 6.45) is 2.63. The molecule has 27 heavy (non-hydrogen) atoms. The van der Waals surface area contributed by atoms with Crippen LogP contribution in [-0.4, -0.2) is 45.4 Å². The number of methoxy groups -OCH3 is 3. The molecule has 0 aliphatic heterocycles. The highest BCUT2D eigenvalue weighted by atomic mass is 16.5. The van der Waals surface area contributed by atoms with Crippen molar-refractivity contribution in [2.75, 3.05) is 34.4 Å². The summed E-state index contributed by atoms with van der Waals surface area (Å²) in [6.45, 7) is 4.05. The number of guanidine groups is 1. The van der Waals surface area contributed by atoms with E-state index in [0.717, 1.165) is 36.7 Å². The Morgan fingerprint density at radius 2 is 1.78 bits per heavy atom. The van der Waals surface area contributed by atoms with E-state index in [1.165, 1.54) is 0 Å². The van der Waals surface area contributed by atoms with Gasteiger partial charge in [-0.15, -0.1) is 0 Å². The molecular formula is C20H28N4O3. The third-order valence-corrected chi connectivity index (χ3v) is 3.89. The van der Waals surface area contributed by atoms with Gasteiger partial charge in [-0.3, -0.25) is 4.98 Å². The van der Waals surface area contributed by atoms with Crippen molar-refractivity contribution < 1.29 is 14.2 Å². The molecule has 0 unspecified atom stereocenters. The maximum Gasteiger partial charge on any atom is 0.203 e. The molecule has 0 aliphatic carbocycles. The number of hydrogen-bond acceptors (Lipinski definition) is 5. The van der Waals surface area contributed by atoms with E-state index in [-0.39, 0.29) is 0 Å². The molecule has 1 aromatic carbocycles. The fraction of sp³-hybridized carbons (Fsp3) is 0.400. The van der Waals surface area contributed by atoms with Crippen LogP contribution in [0.3, 0.4) is 0 Å². The van der Waals surface area contributed by atoms with Crippen molar-refractivity contribution in [3.8, 4) is 17.2 Å². The number of pyridine rings is 1. The quantitative estimate of drug-likeness (QED) is 0.520. The van der Waals surface area contributed by atoms with Crippen molar-refractivity contribution in [3.63, 3.8) is 0 Å². The van der Waals surface area contributed by atoms with Gasteiger partial charge in [0.15, 0.2) is 17.5 Å². The Morgan fingerprint density at radius 3 is 2.33 bits per heavy atom. The Balaban J connectivity index is 2.05. The van der Waals surface area contributed by atoms with Gasteiger partial charge in [0, 0.05) is 31.4 Å². The number of aromatic nitrogens is 1. The van der Waals surface area contributed by atoms with Crippen molar-refractivity contribution in [2.24, 2.45) is 4.99 Å². The first-order valence-corrected chi connectivity index (χ1v) is 8.92. The third-order valence-electron chi connectivity index (χ3n) is 3.89. The van der Waals surface area contributed by atoms with Crippen molar-refractivity contribution >= 4 is 5.96 Å². The van der Waals surface area contributed by atoms with E-state index in [0.29, 0.717) is 23.8 Å². The fourth-order valence-corrected chi connectivity index (χ4v) is 2.59. The van der Waals surface area contributed by atoms with Gasteiger partial charge in [-0.1, -0.05) is 6.07 Å². The largest absolute Gasteiger partial charge is 0.493 e. The lowest BCUT2D eigenvalue weighted by molar-refractivity contribution is 0.324. The molecule has 1 heterocycles. The molecule has 0 fully saturated rings. The lowest BCUT2D eigenvalue weighted by Crippen LogP contribution is -2.38. The molecular weight excluding hydrogens is 344 g/mol. The van der Waals surface area contributed by atoms with E-state index in [2.05, 4.69) is 20.6 Å². The average Bonchev–Trinajstić information content (AvgIpc) is 2.71. The van der Waals surface area contributed by atoms with Gasteiger partial charge in [0.2, 0.25) is 5.75 Å². The standard InChI is InChI=1S/C20H28N4O3/c1-5-21-20(23-11-9-16-8-6-7-10-22-16)24-14-15-12-17(25-2)19(27-4)18(13-15)26-3/h6-8,10,12-13H,5,9,11,14H2,1-4H3,(H2,21,23,24). The zero-order chi connectivity index (χ0) is 19.5. The zero-order valence-corrected chi connectivity index (χ0v) is 16.4. The van der Waals surface area contributed by atoms with Gasteiger partial charge >= 0.3 is 0 Å². The number of aliphatic imine (C=N–C) groups is 1. The normalized spacial score (nSPS) is 11.0. The molecule has 0 bridgehead atoms. The van der Waals surface area contributed by atoms with E-state index in [1.807, 2.05) is 37.3 Å². The van der Waals surface area contributed by atoms with Crippen LogP contribution in [0.2, 0.25) is 0 Å². The average molecular weight is 372 g/mol. The SMILES string of the molecule is CCNC(=NCc1cc(OC)c(OC)c(OC)c1)NCCc1ccccn1. The molecule has 2 N–H and O–H groups in total. The highest BCUT2D eigenvalue weighted by Crippen LogP contribution is 2.38. The summed E-state index contributed by atoms with van der Waals surface area (Å²) >= 11 is 0. The molecule has 0 amide bonds. The molecule has 0 saturated heterocycles. The minimum atomic E-state index is 0.482. The van der Waals surface area contributed by atoms with Crippen LogP contribution in [0.25, 0.3) is 0 Å². The second kappa shape index (κ2) is 10.9. The number of benzene rings is 1. The van der Waals surface area contributed by atoms with Gasteiger partial charge in [0.05, 0.1) is 27.9 Å². The zero-order valence-electron chi connectivity index (χ0n) is 16.4. The van der Waals surface area contributed by atoms with Crippen LogP contribution in [0, 0.1) is 0 Å². The van der Waals surface area contributed by atoms with E-state index in [1.54, 1.807) is 27.5 Å². The third kappa shape index (κ3) is 6.06. The number of nitrogens with zero attached hydrogens (tertiary/aromatic N) is 2. The molecule has 2 aromatic rings. The van der Waals surface area contributed by atoms with Crippen molar-refractivity contribution in [2.45, 2.75) is 19.9 Å². The number of ether oxygens (including phenoxy) is 3. The lowest BCUT2D eigenvalue weighted by Gasteiger charge is -2.14. The summed E-state index contributed by atoms with van der Waals surface area (Å²) in [6, 6.07) is 9.73. The first kappa shape index (κ1) is 20.4. The van der Waals surface area contributed by atoms with Crippen molar-refractivity contribution in [3.05, 3.63) is 47.8 Å². The Kier molecular flexibility index (Phi) is 8.22. The molecule has 0 saturated carbocycles. The molecule has 1 aromatic heterocycles. The summed E-state index contributed by atoms with van der Waals surface area (Å²) in [7, 11) is 4.80. The molecule has 7 nitrogen and oxygen atoms in total. The van der Waals surface area contributed by atoms with Crippen molar-refractivity contribution in [1.29, 1.82) is 0 Å². The van der Waals surface area contributed by atoms with Gasteiger partial charge in [-0.25, -0.2) is 4.99 Å². The Labute approximate surface area is 160 Å². The molecule has 7 heteroatoms. The Hall–Kier alpha value is -2.96. The first-order chi connectivity index (χ1) is 13.2. The van der Waals surface area contributed by atoms with Crippen LogP contribution in [0.4, 0.5) is 0 Å². The van der Waals surface area contributed by atoms with E-state index < -0.39 is 0 Å². The Bertz CT molecular complexity index is 710. The lowest BCUT2D eigenvalue weighted by atomic mass is 10.2. The van der Waals surface area contributed by atoms with Crippen LogP contribution >= 0.6 is 0 Å². The molecule has 0 aliphatic rings. The van der Waals surface area contributed by atoms with Gasteiger partial charge in [-0.05, 0) is 36.8 Å². The molecule has 146 valence electrons. The Morgan fingerprint density at radius 1 is 1.04 bits per heavy atom. The second-order valence-electron chi connectivity index (χ2n) is 5.73. The van der Waals surface area contributed by atoms with Crippen LogP contribution in [0.1, 0.15) is 18.2 Å². The van der Waals surface area contributed by atoms with E-state index in [9.17, 15) is 0 Å². The van der Waals surface area contributed by atoms with Gasteiger partial charge < -0.3 is 24.8 Å². The summed E-state index contributed by atoms with van der Waals surface area (Å²) in [5.41, 5.74) is 2.01. The topological polar surface area (TPSA) is 77.0 Å². The number of nitrogens with one attached hydrogen (secondary N) is 2. The van der Waals surface area contributed by atoms with E-state index >= 15 is 0 Å². The summed E-state index contributed by atoms with van der Waals surface area (Å²) in [5, 5.41) is 6.58. The molecule has 0 radical (unpaired) electrons. The molecule has 0 atom stereocenters. The van der Waals surface area contributed by atoms with Crippen LogP contribution < -0.4 is 24.8 Å². The summed E-state index contributed by atoms with van der Waals surface area (Å²) in [4.78, 5) is 8.97. The summed E-state index contributed by atoms with van der Waals surface area (Å²) < 4.78 is 16.1. The van der Waals surface area contributed by atoms with E-state index in [4.69, 9.17) is 14.2 Å². The predicted molar refractivity (Wildman–Crippen MR) is 107 cm³/mol. The molecule has 2 rings (SSSR count). The summed E-state index contributed by atoms with van der Waals surface area (Å²) in [5.74, 6) is 2.57. The van der Waals surface area contributed by atoms with Crippen LogP contribution in [0.5, 0.6) is 17.2 Å². The number of hydrogen-bond donors (Lipinski definition) is 2. The number of rotatable bonds is 9. The highest BCUT2D eigenvalue weighted by Gasteiger charge is 2.13. The van der Waals surface area contributed by atoms with Crippen LogP contribution in [-0.2, 0) is 13.0 Å².